The lowest BCUT2D eigenvalue weighted by molar-refractivity contribution is -0.120. The maximum atomic E-state index is 13.1. The Morgan fingerprint density at radius 2 is 2.05 bits per heavy atom. The molecule has 2 rings (SSSR count). The molecule has 0 radical (unpaired) electrons. The lowest BCUT2D eigenvalue weighted by atomic mass is 9.95. The average Bonchev–Trinajstić information content (AvgIpc) is 2.38. The van der Waals surface area contributed by atoms with E-state index in [1.54, 1.807) is 0 Å². The number of hydrogen-bond acceptors (Lipinski definition) is 2. The lowest BCUT2D eigenvalue weighted by Crippen LogP contribution is -2.39. The minimum atomic E-state index is -0.418. The van der Waals surface area contributed by atoms with Gasteiger partial charge in [0, 0.05) is 10.5 Å². The molecule has 1 saturated carbocycles. The summed E-state index contributed by atoms with van der Waals surface area (Å²) >= 11 is 9.17. The van der Waals surface area contributed by atoms with Crippen LogP contribution in [-0.4, -0.2) is 18.5 Å². The van der Waals surface area contributed by atoms with Crippen LogP contribution in [0.2, 0.25) is 5.02 Å². The van der Waals surface area contributed by atoms with Gasteiger partial charge in [-0.3, -0.25) is 4.79 Å². The number of carbonyl (C=O) groups excluding carboxylic acids is 1. The monoisotopic (exact) mass is 362 g/mol. The highest BCUT2D eigenvalue weighted by molar-refractivity contribution is 9.10. The SMILES string of the molecule is O=C(CNc1c(Cl)cc(F)cc1Br)NC1CCCCC1. The van der Waals surface area contributed by atoms with Crippen LogP contribution in [0, 0.1) is 5.82 Å². The fourth-order valence-electron chi connectivity index (χ4n) is 2.41. The summed E-state index contributed by atoms with van der Waals surface area (Å²) in [6, 6.07) is 2.81. The van der Waals surface area contributed by atoms with Crippen molar-refractivity contribution >= 4 is 39.1 Å². The first kappa shape index (κ1) is 15.6. The summed E-state index contributed by atoms with van der Waals surface area (Å²) in [5.74, 6) is -0.483. The molecule has 1 fully saturated rings. The Balaban J connectivity index is 1.87. The fraction of sp³-hybridized carbons (Fsp3) is 0.500. The summed E-state index contributed by atoms with van der Waals surface area (Å²) in [5, 5.41) is 6.20. The van der Waals surface area contributed by atoms with Gasteiger partial charge in [-0.1, -0.05) is 30.9 Å². The third-order valence-electron chi connectivity index (χ3n) is 3.40. The van der Waals surface area contributed by atoms with Crippen molar-refractivity contribution in [2.24, 2.45) is 0 Å². The highest BCUT2D eigenvalue weighted by Crippen LogP contribution is 2.31. The molecule has 1 aromatic rings. The molecule has 2 N–H and O–H groups in total. The lowest BCUT2D eigenvalue weighted by Gasteiger charge is -2.23. The van der Waals surface area contributed by atoms with Crippen LogP contribution in [0.4, 0.5) is 10.1 Å². The summed E-state index contributed by atoms with van der Waals surface area (Å²) in [5.41, 5.74) is 0.534. The zero-order valence-corrected chi connectivity index (χ0v) is 13.4. The topological polar surface area (TPSA) is 41.1 Å². The Morgan fingerprint density at radius 3 is 2.70 bits per heavy atom. The smallest absolute Gasteiger partial charge is 0.239 e. The normalized spacial score (nSPS) is 15.9. The standard InChI is InChI=1S/C14H17BrClFN2O/c15-11-6-9(17)7-12(16)14(11)18-8-13(20)19-10-4-2-1-3-5-10/h6-7,10,18H,1-5,8H2,(H,19,20). The van der Waals surface area contributed by atoms with Gasteiger partial charge in [0.25, 0.3) is 0 Å². The van der Waals surface area contributed by atoms with Crippen LogP contribution >= 0.6 is 27.5 Å². The van der Waals surface area contributed by atoms with Gasteiger partial charge in [-0.25, -0.2) is 4.39 Å². The van der Waals surface area contributed by atoms with Gasteiger partial charge >= 0.3 is 0 Å². The summed E-state index contributed by atoms with van der Waals surface area (Å²) in [6.07, 6.45) is 5.70. The van der Waals surface area contributed by atoms with E-state index >= 15 is 0 Å². The summed E-state index contributed by atoms with van der Waals surface area (Å²) in [7, 11) is 0. The molecule has 0 spiro atoms. The molecule has 1 aromatic carbocycles. The molecular formula is C14H17BrClFN2O. The molecule has 1 aliphatic rings. The molecule has 0 heterocycles. The van der Waals surface area contributed by atoms with Crippen LogP contribution in [0.15, 0.2) is 16.6 Å². The average molecular weight is 364 g/mol. The Kier molecular flexibility index (Phi) is 5.66. The number of halogens is 3. The number of hydrogen-bond donors (Lipinski definition) is 2. The van der Waals surface area contributed by atoms with E-state index in [2.05, 4.69) is 26.6 Å². The van der Waals surface area contributed by atoms with E-state index in [0.29, 0.717) is 10.2 Å². The Bertz CT molecular complexity index is 469. The summed E-state index contributed by atoms with van der Waals surface area (Å²) in [4.78, 5) is 11.9. The largest absolute Gasteiger partial charge is 0.374 e. The number of benzene rings is 1. The molecule has 1 amide bonds. The van der Waals surface area contributed by atoms with Crippen molar-refractivity contribution in [3.05, 3.63) is 27.4 Å². The zero-order valence-electron chi connectivity index (χ0n) is 11.0. The molecule has 0 aliphatic heterocycles. The van der Waals surface area contributed by atoms with Gasteiger partial charge in [-0.15, -0.1) is 0 Å². The maximum Gasteiger partial charge on any atom is 0.239 e. The molecule has 6 heteroatoms. The van der Waals surface area contributed by atoms with Crippen LogP contribution in [0.5, 0.6) is 0 Å². The molecule has 0 atom stereocenters. The molecule has 20 heavy (non-hydrogen) atoms. The first-order chi connectivity index (χ1) is 9.56. The molecule has 0 aromatic heterocycles. The summed E-state index contributed by atoms with van der Waals surface area (Å²) in [6.45, 7) is 0.125. The fourth-order valence-corrected chi connectivity index (χ4v) is 3.36. The van der Waals surface area contributed by atoms with Gasteiger partial charge < -0.3 is 10.6 Å². The quantitative estimate of drug-likeness (QED) is 0.845. The van der Waals surface area contributed by atoms with Gasteiger partial charge in [0.15, 0.2) is 0 Å². The molecule has 110 valence electrons. The molecule has 1 aliphatic carbocycles. The van der Waals surface area contributed by atoms with Crippen LogP contribution in [0.25, 0.3) is 0 Å². The number of rotatable bonds is 4. The van der Waals surface area contributed by atoms with Gasteiger partial charge in [0.1, 0.15) is 5.82 Å². The van der Waals surface area contributed by atoms with Crippen molar-refractivity contribution in [3.63, 3.8) is 0 Å². The van der Waals surface area contributed by atoms with Gasteiger partial charge in [0.2, 0.25) is 5.91 Å². The Labute approximate surface area is 131 Å². The van der Waals surface area contributed by atoms with Crippen molar-refractivity contribution in [1.82, 2.24) is 5.32 Å². The van der Waals surface area contributed by atoms with Crippen LogP contribution in [0.3, 0.4) is 0 Å². The van der Waals surface area contributed by atoms with Gasteiger partial charge in [-0.2, -0.15) is 0 Å². The third kappa shape index (κ3) is 4.35. The number of nitrogens with one attached hydrogen (secondary N) is 2. The molecule has 0 unspecified atom stereocenters. The highest BCUT2D eigenvalue weighted by Gasteiger charge is 2.16. The van der Waals surface area contributed by atoms with E-state index in [1.165, 1.54) is 31.4 Å². The zero-order chi connectivity index (χ0) is 14.5. The van der Waals surface area contributed by atoms with Gasteiger partial charge in [0.05, 0.1) is 17.3 Å². The predicted molar refractivity (Wildman–Crippen MR) is 82.6 cm³/mol. The first-order valence-corrected chi connectivity index (χ1v) is 7.91. The molecule has 0 bridgehead atoms. The second-order valence-corrected chi connectivity index (χ2v) is 6.26. The molecular weight excluding hydrogens is 347 g/mol. The molecule has 3 nitrogen and oxygen atoms in total. The van der Waals surface area contributed by atoms with E-state index in [0.717, 1.165) is 12.8 Å². The second kappa shape index (κ2) is 7.27. The van der Waals surface area contributed by atoms with Gasteiger partial charge in [-0.05, 0) is 40.9 Å². The van der Waals surface area contributed by atoms with E-state index in [9.17, 15) is 9.18 Å². The van der Waals surface area contributed by atoms with E-state index in [4.69, 9.17) is 11.6 Å². The van der Waals surface area contributed by atoms with Crippen molar-refractivity contribution in [3.8, 4) is 0 Å². The minimum absolute atomic E-state index is 0.0656. The van der Waals surface area contributed by atoms with Crippen molar-refractivity contribution in [1.29, 1.82) is 0 Å². The number of anilines is 1. The first-order valence-electron chi connectivity index (χ1n) is 6.74. The Hall–Kier alpha value is -0.810. The Morgan fingerprint density at radius 1 is 1.35 bits per heavy atom. The van der Waals surface area contributed by atoms with Crippen LogP contribution in [-0.2, 0) is 4.79 Å². The van der Waals surface area contributed by atoms with E-state index in [-0.39, 0.29) is 23.5 Å². The van der Waals surface area contributed by atoms with Crippen LogP contribution < -0.4 is 10.6 Å². The van der Waals surface area contributed by atoms with Crippen LogP contribution in [0.1, 0.15) is 32.1 Å². The minimum Gasteiger partial charge on any atom is -0.374 e. The highest BCUT2D eigenvalue weighted by atomic mass is 79.9. The maximum absolute atomic E-state index is 13.1. The number of carbonyl (C=O) groups is 1. The predicted octanol–water partition coefficient (Wildman–Crippen LogP) is 4.10. The van der Waals surface area contributed by atoms with E-state index < -0.39 is 5.82 Å². The summed E-state index contributed by atoms with van der Waals surface area (Å²) < 4.78 is 13.6. The number of amides is 1. The third-order valence-corrected chi connectivity index (χ3v) is 4.33. The van der Waals surface area contributed by atoms with Crippen molar-refractivity contribution < 1.29 is 9.18 Å². The second-order valence-electron chi connectivity index (χ2n) is 5.00. The van der Waals surface area contributed by atoms with Crippen molar-refractivity contribution in [2.75, 3.05) is 11.9 Å². The van der Waals surface area contributed by atoms with Crippen molar-refractivity contribution in [2.45, 2.75) is 38.1 Å². The van der Waals surface area contributed by atoms with E-state index in [1.807, 2.05) is 0 Å². The molecule has 0 saturated heterocycles.